The summed E-state index contributed by atoms with van der Waals surface area (Å²) in [6.07, 6.45) is 8.33. The highest BCUT2D eigenvalue weighted by Crippen LogP contribution is 2.48. The molecule has 3 aromatic heterocycles. The Labute approximate surface area is 220 Å². The summed E-state index contributed by atoms with van der Waals surface area (Å²) < 4.78 is 1.82. The first-order valence-corrected chi connectivity index (χ1v) is 14.0. The standard InChI is InChI=1S/C28H31N7OS/c1-18-11-24(31-17-30-18)21-3-5-23-20(12-21)4-6-25(23)34-15-28(16-34)7-9-33(10-8-28)26(36)13-22-14-29-27-35(22)32-19(2)37-27/h3,5,11-12,14,17,25H,4,6-10,13,15-16H2,1-2H3. The average Bonchev–Trinajstić information content (AvgIpc) is 3.57. The molecule has 1 amide bonds. The third-order valence-corrected chi connectivity index (χ3v) is 9.41. The Kier molecular flexibility index (Phi) is 5.40. The Balaban J connectivity index is 0.962. The van der Waals surface area contributed by atoms with Crippen LogP contribution >= 0.6 is 11.3 Å². The van der Waals surface area contributed by atoms with E-state index in [0.717, 1.165) is 72.5 Å². The van der Waals surface area contributed by atoms with Gasteiger partial charge in [-0.3, -0.25) is 9.69 Å². The summed E-state index contributed by atoms with van der Waals surface area (Å²) in [5.41, 5.74) is 7.39. The second kappa shape index (κ2) is 8.70. The first kappa shape index (κ1) is 23.0. The minimum atomic E-state index is 0.192. The van der Waals surface area contributed by atoms with E-state index in [1.807, 2.05) is 23.3 Å². The number of aryl methyl sites for hydroxylation is 3. The fourth-order valence-electron chi connectivity index (χ4n) is 6.55. The number of carbonyl (C=O) groups is 1. The number of likely N-dealkylation sites (tertiary alicyclic amines) is 2. The molecular formula is C28H31N7OS. The molecule has 0 radical (unpaired) electrons. The monoisotopic (exact) mass is 513 g/mol. The number of imidazole rings is 1. The van der Waals surface area contributed by atoms with E-state index < -0.39 is 0 Å². The zero-order chi connectivity index (χ0) is 25.1. The van der Waals surface area contributed by atoms with Gasteiger partial charge in [-0.2, -0.15) is 5.10 Å². The molecule has 9 heteroatoms. The van der Waals surface area contributed by atoms with Crippen LogP contribution in [0.15, 0.2) is 36.8 Å². The second-order valence-electron chi connectivity index (χ2n) is 11.0. The minimum Gasteiger partial charge on any atom is -0.342 e. The molecule has 1 unspecified atom stereocenters. The van der Waals surface area contributed by atoms with Crippen molar-refractivity contribution >= 4 is 22.2 Å². The van der Waals surface area contributed by atoms with Gasteiger partial charge in [0.1, 0.15) is 11.3 Å². The summed E-state index contributed by atoms with van der Waals surface area (Å²) in [6.45, 7) is 7.98. The van der Waals surface area contributed by atoms with Crippen molar-refractivity contribution in [3.63, 3.8) is 0 Å². The van der Waals surface area contributed by atoms with Crippen molar-refractivity contribution in [1.29, 1.82) is 0 Å². The van der Waals surface area contributed by atoms with Gasteiger partial charge in [-0.15, -0.1) is 0 Å². The molecule has 8 nitrogen and oxygen atoms in total. The van der Waals surface area contributed by atoms with E-state index in [1.54, 1.807) is 23.9 Å². The molecule has 1 spiro atoms. The van der Waals surface area contributed by atoms with Crippen LogP contribution in [0.4, 0.5) is 0 Å². The van der Waals surface area contributed by atoms with Gasteiger partial charge in [0.2, 0.25) is 10.9 Å². The fourth-order valence-corrected chi connectivity index (χ4v) is 7.28. The zero-order valence-electron chi connectivity index (χ0n) is 21.4. The molecule has 190 valence electrons. The lowest BCUT2D eigenvalue weighted by Gasteiger charge is -2.56. The largest absolute Gasteiger partial charge is 0.342 e. The van der Waals surface area contributed by atoms with Gasteiger partial charge in [0, 0.05) is 43.5 Å². The first-order valence-electron chi connectivity index (χ1n) is 13.2. The number of nitrogens with zero attached hydrogens (tertiary/aromatic N) is 7. The summed E-state index contributed by atoms with van der Waals surface area (Å²) >= 11 is 1.56. The van der Waals surface area contributed by atoms with E-state index in [4.69, 9.17) is 0 Å². The van der Waals surface area contributed by atoms with Crippen LogP contribution in [0.1, 0.15) is 52.8 Å². The Morgan fingerprint density at radius 1 is 1.11 bits per heavy atom. The van der Waals surface area contributed by atoms with Crippen molar-refractivity contribution in [2.75, 3.05) is 26.2 Å². The molecule has 1 atom stereocenters. The topological polar surface area (TPSA) is 79.5 Å². The quantitative estimate of drug-likeness (QED) is 0.410. The molecule has 2 saturated heterocycles. The Bertz CT molecular complexity index is 1490. The third kappa shape index (κ3) is 4.05. The van der Waals surface area contributed by atoms with Gasteiger partial charge in [0.25, 0.3) is 0 Å². The normalized spacial score (nSPS) is 20.9. The lowest BCUT2D eigenvalue weighted by Crippen LogP contribution is -2.61. The predicted molar refractivity (Wildman–Crippen MR) is 142 cm³/mol. The van der Waals surface area contributed by atoms with Crippen LogP contribution in [0.3, 0.4) is 0 Å². The van der Waals surface area contributed by atoms with Gasteiger partial charge in [-0.25, -0.2) is 19.5 Å². The van der Waals surface area contributed by atoms with Gasteiger partial charge in [-0.05, 0) is 68.2 Å². The summed E-state index contributed by atoms with van der Waals surface area (Å²) in [5, 5.41) is 5.46. The van der Waals surface area contributed by atoms with Crippen molar-refractivity contribution in [1.82, 2.24) is 34.4 Å². The van der Waals surface area contributed by atoms with E-state index >= 15 is 0 Å². The van der Waals surface area contributed by atoms with Crippen LogP contribution in [0.5, 0.6) is 0 Å². The minimum absolute atomic E-state index is 0.192. The maximum absolute atomic E-state index is 13.0. The van der Waals surface area contributed by atoms with Crippen molar-refractivity contribution < 1.29 is 4.79 Å². The molecule has 3 aliphatic rings. The lowest BCUT2D eigenvalue weighted by molar-refractivity contribution is -0.136. The van der Waals surface area contributed by atoms with Crippen LogP contribution in [-0.2, 0) is 17.6 Å². The molecule has 4 aromatic rings. The number of rotatable bonds is 4. The third-order valence-electron chi connectivity index (χ3n) is 8.57. The molecule has 0 N–H and O–H groups in total. The van der Waals surface area contributed by atoms with Gasteiger partial charge < -0.3 is 4.90 Å². The van der Waals surface area contributed by atoms with Gasteiger partial charge in [0.05, 0.1) is 24.0 Å². The number of benzene rings is 1. The highest BCUT2D eigenvalue weighted by Gasteiger charge is 2.48. The Morgan fingerprint density at radius 2 is 1.95 bits per heavy atom. The maximum atomic E-state index is 13.0. The molecule has 0 bridgehead atoms. The molecule has 2 aliphatic heterocycles. The summed E-state index contributed by atoms with van der Waals surface area (Å²) in [5.74, 6) is 0.192. The molecule has 37 heavy (non-hydrogen) atoms. The molecule has 1 aliphatic carbocycles. The number of fused-ring (bicyclic) bond motifs is 2. The van der Waals surface area contributed by atoms with Crippen molar-refractivity contribution in [2.45, 2.75) is 52.0 Å². The number of aromatic nitrogens is 5. The number of amides is 1. The molecule has 7 rings (SSSR count). The van der Waals surface area contributed by atoms with E-state index in [0.29, 0.717) is 17.9 Å². The molecule has 2 fully saturated rings. The average molecular weight is 514 g/mol. The summed E-state index contributed by atoms with van der Waals surface area (Å²) in [4.78, 5) is 31.7. The lowest BCUT2D eigenvalue weighted by atomic mass is 9.71. The molecular weight excluding hydrogens is 482 g/mol. The highest BCUT2D eigenvalue weighted by atomic mass is 32.1. The summed E-state index contributed by atoms with van der Waals surface area (Å²) in [6, 6.07) is 9.45. The highest BCUT2D eigenvalue weighted by molar-refractivity contribution is 7.16. The van der Waals surface area contributed by atoms with E-state index in [-0.39, 0.29) is 5.91 Å². The second-order valence-corrected chi connectivity index (χ2v) is 12.2. The Hall–Kier alpha value is -3.17. The van der Waals surface area contributed by atoms with E-state index in [2.05, 4.69) is 49.2 Å². The smallest absolute Gasteiger partial charge is 0.228 e. The molecule has 5 heterocycles. The van der Waals surface area contributed by atoms with Crippen LogP contribution in [0, 0.1) is 19.3 Å². The zero-order valence-corrected chi connectivity index (χ0v) is 22.2. The first-order chi connectivity index (χ1) is 18.0. The molecule has 0 saturated carbocycles. The number of hydrogen-bond acceptors (Lipinski definition) is 7. The SMILES string of the molecule is Cc1cc(-c2ccc3c(c2)CCC3N2CC3(CCN(C(=O)Cc4cnc5sc(C)nn45)CC3)C2)ncn1. The van der Waals surface area contributed by atoms with Crippen LogP contribution in [0.25, 0.3) is 16.2 Å². The van der Waals surface area contributed by atoms with Gasteiger partial charge >= 0.3 is 0 Å². The van der Waals surface area contributed by atoms with Crippen LogP contribution < -0.4 is 0 Å². The number of hydrogen-bond donors (Lipinski definition) is 0. The predicted octanol–water partition coefficient (Wildman–Crippen LogP) is 4.02. The fraction of sp³-hybridized carbons (Fsp3) is 0.464. The van der Waals surface area contributed by atoms with Crippen LogP contribution in [0.2, 0.25) is 0 Å². The van der Waals surface area contributed by atoms with E-state index in [9.17, 15) is 4.79 Å². The maximum Gasteiger partial charge on any atom is 0.228 e. The van der Waals surface area contributed by atoms with Crippen molar-refractivity contribution in [3.8, 4) is 11.3 Å². The van der Waals surface area contributed by atoms with Gasteiger partial charge in [-0.1, -0.05) is 23.5 Å². The van der Waals surface area contributed by atoms with E-state index in [1.165, 1.54) is 23.1 Å². The van der Waals surface area contributed by atoms with Crippen molar-refractivity contribution in [3.05, 3.63) is 64.3 Å². The molecule has 1 aromatic carbocycles. The number of carbonyl (C=O) groups excluding carboxylic acids is 1. The van der Waals surface area contributed by atoms with Crippen LogP contribution in [-0.4, -0.2) is 66.5 Å². The van der Waals surface area contributed by atoms with Gasteiger partial charge in [0.15, 0.2) is 0 Å². The van der Waals surface area contributed by atoms with Crippen molar-refractivity contribution in [2.24, 2.45) is 5.41 Å². The number of piperidine rings is 1. The Morgan fingerprint density at radius 3 is 2.76 bits per heavy atom. The summed E-state index contributed by atoms with van der Waals surface area (Å²) in [7, 11) is 0.